The summed E-state index contributed by atoms with van der Waals surface area (Å²) in [5.41, 5.74) is 0.0208. The molecule has 2 heterocycles. The molecule has 3 aromatic rings. The number of aliphatic hydroxyl groups is 1. The van der Waals surface area contributed by atoms with Crippen molar-refractivity contribution >= 4 is 16.6 Å². The largest absolute Gasteiger partial charge is 0.417 e. The summed E-state index contributed by atoms with van der Waals surface area (Å²) < 4.78 is 64.0. The minimum absolute atomic E-state index is 0.0749. The highest BCUT2D eigenvalue weighted by atomic mass is 19.4. The van der Waals surface area contributed by atoms with Gasteiger partial charge in [0.15, 0.2) is 11.6 Å². The molecule has 1 unspecified atom stereocenters. The number of anilines is 1. The molecule has 0 bridgehead atoms. The van der Waals surface area contributed by atoms with Crippen molar-refractivity contribution in [3.05, 3.63) is 59.6 Å². The zero-order valence-corrected chi connectivity index (χ0v) is 12.5. The molecular formula is C16H12F5N3O. The molecule has 9 heteroatoms. The standard InChI is InChI=1S/C16H12F5N3O/c17-11-4-10-13(5-12(11)18)23-7-14(10)24-15(25)3-9-2-1-8(6-22-9)16(19,20)21/h1-2,4-7,15,23-25H,3H2. The number of nitrogens with one attached hydrogen (secondary N) is 2. The van der Waals surface area contributed by atoms with E-state index in [0.717, 1.165) is 24.3 Å². The molecule has 0 saturated heterocycles. The molecular weight excluding hydrogens is 345 g/mol. The zero-order valence-electron chi connectivity index (χ0n) is 12.5. The Morgan fingerprint density at radius 1 is 1.16 bits per heavy atom. The topological polar surface area (TPSA) is 60.9 Å². The van der Waals surface area contributed by atoms with Gasteiger partial charge in [0.2, 0.25) is 0 Å². The monoisotopic (exact) mass is 357 g/mol. The van der Waals surface area contributed by atoms with E-state index in [9.17, 15) is 27.1 Å². The molecule has 2 aromatic heterocycles. The van der Waals surface area contributed by atoms with Gasteiger partial charge in [0, 0.05) is 36.0 Å². The van der Waals surface area contributed by atoms with Crippen LogP contribution in [0.2, 0.25) is 0 Å². The van der Waals surface area contributed by atoms with Gasteiger partial charge in [-0.3, -0.25) is 4.98 Å². The van der Waals surface area contributed by atoms with Crippen LogP contribution in [0.1, 0.15) is 11.3 Å². The number of aromatic nitrogens is 2. The second-order valence-corrected chi connectivity index (χ2v) is 5.41. The Bertz CT molecular complexity index is 889. The Morgan fingerprint density at radius 2 is 1.88 bits per heavy atom. The van der Waals surface area contributed by atoms with Gasteiger partial charge in [-0.05, 0) is 18.2 Å². The maximum absolute atomic E-state index is 13.3. The molecule has 1 atom stereocenters. The first-order valence-corrected chi connectivity index (χ1v) is 7.17. The fraction of sp³-hybridized carbons (Fsp3) is 0.188. The fourth-order valence-electron chi connectivity index (χ4n) is 2.38. The van der Waals surface area contributed by atoms with Crippen LogP contribution in [-0.2, 0) is 12.6 Å². The van der Waals surface area contributed by atoms with Gasteiger partial charge in [-0.2, -0.15) is 13.2 Å². The SMILES string of the molecule is OC(Cc1ccc(C(F)(F)F)cn1)Nc1c[nH]c2cc(F)c(F)cc12. The van der Waals surface area contributed by atoms with Gasteiger partial charge >= 0.3 is 6.18 Å². The van der Waals surface area contributed by atoms with Crippen LogP contribution in [0, 0.1) is 11.6 Å². The average molecular weight is 357 g/mol. The number of hydrogen-bond donors (Lipinski definition) is 3. The molecule has 0 amide bonds. The number of aromatic amines is 1. The smallest absolute Gasteiger partial charge is 0.373 e. The number of hydrogen-bond acceptors (Lipinski definition) is 3. The van der Waals surface area contributed by atoms with Crippen molar-refractivity contribution in [1.82, 2.24) is 9.97 Å². The van der Waals surface area contributed by atoms with Crippen LogP contribution in [0.15, 0.2) is 36.7 Å². The van der Waals surface area contributed by atoms with Gasteiger partial charge in [0.05, 0.1) is 16.8 Å². The first kappa shape index (κ1) is 17.2. The van der Waals surface area contributed by atoms with Crippen LogP contribution in [0.4, 0.5) is 27.6 Å². The summed E-state index contributed by atoms with van der Waals surface area (Å²) in [5, 5.41) is 13.0. The van der Waals surface area contributed by atoms with Crippen molar-refractivity contribution in [3.8, 4) is 0 Å². The predicted octanol–water partition coefficient (Wildman–Crippen LogP) is 3.83. The van der Waals surface area contributed by atoms with Gasteiger partial charge in [-0.1, -0.05) is 0 Å². The number of halogens is 5. The minimum atomic E-state index is -4.48. The molecule has 0 radical (unpaired) electrons. The molecule has 3 N–H and O–H groups in total. The normalized spacial score (nSPS) is 13.2. The number of alkyl halides is 3. The van der Waals surface area contributed by atoms with E-state index in [4.69, 9.17) is 0 Å². The quantitative estimate of drug-likeness (QED) is 0.491. The van der Waals surface area contributed by atoms with Crippen LogP contribution in [0.3, 0.4) is 0 Å². The fourth-order valence-corrected chi connectivity index (χ4v) is 2.38. The molecule has 132 valence electrons. The van der Waals surface area contributed by atoms with Crippen molar-refractivity contribution < 1.29 is 27.1 Å². The van der Waals surface area contributed by atoms with Crippen LogP contribution in [0.5, 0.6) is 0 Å². The van der Waals surface area contributed by atoms with Gasteiger partial charge in [-0.15, -0.1) is 0 Å². The Labute approximate surface area is 138 Å². The highest BCUT2D eigenvalue weighted by Crippen LogP contribution is 2.29. The predicted molar refractivity (Wildman–Crippen MR) is 80.8 cm³/mol. The summed E-state index contributed by atoms with van der Waals surface area (Å²) in [6.07, 6.45) is -3.63. The van der Waals surface area contributed by atoms with Crippen molar-refractivity contribution in [1.29, 1.82) is 0 Å². The maximum Gasteiger partial charge on any atom is 0.417 e. The zero-order chi connectivity index (χ0) is 18.2. The lowest BCUT2D eigenvalue weighted by atomic mass is 10.2. The molecule has 0 aliphatic carbocycles. The van der Waals surface area contributed by atoms with Crippen LogP contribution in [0.25, 0.3) is 10.9 Å². The number of aliphatic hydroxyl groups excluding tert-OH is 1. The van der Waals surface area contributed by atoms with E-state index in [1.165, 1.54) is 6.20 Å². The Balaban J connectivity index is 1.72. The highest BCUT2D eigenvalue weighted by molar-refractivity contribution is 5.92. The molecule has 0 spiro atoms. The van der Waals surface area contributed by atoms with Crippen molar-refractivity contribution in [2.75, 3.05) is 5.32 Å². The van der Waals surface area contributed by atoms with Gasteiger partial charge in [-0.25, -0.2) is 8.78 Å². The molecule has 3 rings (SSSR count). The van der Waals surface area contributed by atoms with E-state index >= 15 is 0 Å². The molecule has 0 fully saturated rings. The van der Waals surface area contributed by atoms with E-state index in [0.29, 0.717) is 22.8 Å². The second kappa shape index (κ2) is 6.32. The van der Waals surface area contributed by atoms with E-state index < -0.39 is 29.6 Å². The van der Waals surface area contributed by atoms with Crippen LogP contribution < -0.4 is 5.32 Å². The lowest BCUT2D eigenvalue weighted by molar-refractivity contribution is -0.137. The average Bonchev–Trinajstić information content (AvgIpc) is 2.89. The summed E-state index contributed by atoms with van der Waals surface area (Å²) in [6.45, 7) is 0. The van der Waals surface area contributed by atoms with Crippen molar-refractivity contribution in [2.24, 2.45) is 0 Å². The highest BCUT2D eigenvalue weighted by Gasteiger charge is 2.30. The van der Waals surface area contributed by atoms with Crippen LogP contribution >= 0.6 is 0 Å². The number of nitrogens with zero attached hydrogens (tertiary/aromatic N) is 1. The Morgan fingerprint density at radius 3 is 2.52 bits per heavy atom. The molecule has 25 heavy (non-hydrogen) atoms. The molecule has 0 aliphatic heterocycles. The van der Waals surface area contributed by atoms with Gasteiger partial charge < -0.3 is 15.4 Å². The number of benzene rings is 1. The third kappa shape index (κ3) is 3.71. The van der Waals surface area contributed by atoms with Crippen LogP contribution in [-0.4, -0.2) is 21.3 Å². The third-order valence-electron chi connectivity index (χ3n) is 3.60. The molecule has 0 saturated carbocycles. The van der Waals surface area contributed by atoms with E-state index in [-0.39, 0.29) is 12.1 Å². The van der Waals surface area contributed by atoms with E-state index in [1.807, 2.05) is 0 Å². The minimum Gasteiger partial charge on any atom is -0.373 e. The van der Waals surface area contributed by atoms with Gasteiger partial charge in [0.25, 0.3) is 0 Å². The summed E-state index contributed by atoms with van der Waals surface area (Å²) >= 11 is 0. The molecule has 0 aliphatic rings. The summed E-state index contributed by atoms with van der Waals surface area (Å²) in [7, 11) is 0. The van der Waals surface area contributed by atoms with E-state index in [2.05, 4.69) is 15.3 Å². The lowest BCUT2D eigenvalue weighted by Gasteiger charge is -2.13. The molecule has 1 aromatic carbocycles. The number of pyridine rings is 1. The Kier molecular flexibility index (Phi) is 4.34. The summed E-state index contributed by atoms with van der Waals surface area (Å²) in [5.74, 6) is -2.04. The first-order valence-electron chi connectivity index (χ1n) is 7.17. The molecule has 4 nitrogen and oxygen atoms in total. The summed E-state index contributed by atoms with van der Waals surface area (Å²) in [6, 6.07) is 4.00. The van der Waals surface area contributed by atoms with Crippen molar-refractivity contribution in [2.45, 2.75) is 18.8 Å². The van der Waals surface area contributed by atoms with E-state index in [1.54, 1.807) is 0 Å². The lowest BCUT2D eigenvalue weighted by Crippen LogP contribution is -2.22. The maximum atomic E-state index is 13.3. The summed E-state index contributed by atoms with van der Waals surface area (Å²) in [4.78, 5) is 6.39. The number of fused-ring (bicyclic) bond motifs is 1. The second-order valence-electron chi connectivity index (χ2n) is 5.41. The Hall–Kier alpha value is -2.68. The number of H-pyrrole nitrogens is 1. The van der Waals surface area contributed by atoms with Crippen molar-refractivity contribution in [3.63, 3.8) is 0 Å². The van der Waals surface area contributed by atoms with Gasteiger partial charge in [0.1, 0.15) is 6.23 Å². The third-order valence-corrected chi connectivity index (χ3v) is 3.60. The first-order chi connectivity index (χ1) is 11.7. The number of rotatable bonds is 4.